The summed E-state index contributed by atoms with van der Waals surface area (Å²) < 4.78 is 18.3. The number of hydrogen-bond donors (Lipinski definition) is 1. The Balaban J connectivity index is 2.68. The van der Waals surface area contributed by atoms with Gasteiger partial charge in [-0.25, -0.2) is 4.39 Å². The van der Waals surface area contributed by atoms with Gasteiger partial charge < -0.3 is 10.5 Å². The second-order valence-electron chi connectivity index (χ2n) is 2.93. The molecule has 0 radical (unpaired) electrons. The quantitative estimate of drug-likeness (QED) is 0.576. The van der Waals surface area contributed by atoms with Crippen LogP contribution in [0.25, 0.3) is 0 Å². The molecule has 0 aliphatic carbocycles. The molecule has 2 nitrogen and oxygen atoms in total. The van der Waals surface area contributed by atoms with Gasteiger partial charge in [-0.05, 0) is 17.7 Å². The van der Waals surface area contributed by atoms with E-state index in [2.05, 4.69) is 6.58 Å². The van der Waals surface area contributed by atoms with E-state index in [0.29, 0.717) is 18.7 Å². The van der Waals surface area contributed by atoms with Gasteiger partial charge in [0.2, 0.25) is 0 Å². The molecule has 1 rings (SSSR count). The van der Waals surface area contributed by atoms with Crippen molar-refractivity contribution < 1.29 is 9.13 Å². The zero-order valence-electron chi connectivity index (χ0n) is 8.00. The molecule has 1 aromatic carbocycles. The van der Waals surface area contributed by atoms with E-state index in [0.717, 1.165) is 5.56 Å². The highest BCUT2D eigenvalue weighted by molar-refractivity contribution is 5.24. The fourth-order valence-corrected chi connectivity index (χ4v) is 1.12. The molecule has 3 heteroatoms. The molecule has 76 valence electrons. The van der Waals surface area contributed by atoms with Crippen molar-refractivity contribution in [1.29, 1.82) is 0 Å². The highest BCUT2D eigenvalue weighted by atomic mass is 19.1. The molecule has 0 aliphatic rings. The second kappa shape index (κ2) is 5.52. The lowest BCUT2D eigenvalue weighted by molar-refractivity contribution is 0.146. The average molecular weight is 195 g/mol. The van der Waals surface area contributed by atoms with E-state index in [-0.39, 0.29) is 12.4 Å². The highest BCUT2D eigenvalue weighted by Gasteiger charge is 2.02. The largest absolute Gasteiger partial charge is 0.373 e. The standard InChI is InChI=1S/C11H14FNO/c1-2-5-14-8-10-6-9(7-13)3-4-11(10)12/h2-4,6H,1,5,7-8,13H2. The fourth-order valence-electron chi connectivity index (χ4n) is 1.12. The Bertz CT molecular complexity index is 312. The molecule has 0 aliphatic heterocycles. The molecule has 0 heterocycles. The van der Waals surface area contributed by atoms with Gasteiger partial charge in [0.05, 0.1) is 13.2 Å². The highest BCUT2D eigenvalue weighted by Crippen LogP contribution is 2.11. The normalized spacial score (nSPS) is 10.1. The lowest BCUT2D eigenvalue weighted by Crippen LogP contribution is -2.01. The summed E-state index contributed by atoms with van der Waals surface area (Å²) in [4.78, 5) is 0. The van der Waals surface area contributed by atoms with Crippen LogP contribution in [-0.4, -0.2) is 6.61 Å². The fraction of sp³-hybridized carbons (Fsp3) is 0.273. The third-order valence-electron chi connectivity index (χ3n) is 1.84. The van der Waals surface area contributed by atoms with Crippen LogP contribution in [0.4, 0.5) is 4.39 Å². The molecule has 0 fully saturated rings. The molecular formula is C11H14FNO. The van der Waals surface area contributed by atoms with Crippen LogP contribution < -0.4 is 5.73 Å². The van der Waals surface area contributed by atoms with E-state index in [9.17, 15) is 4.39 Å². The van der Waals surface area contributed by atoms with Gasteiger partial charge in [0.1, 0.15) is 5.82 Å². The number of rotatable bonds is 5. The van der Waals surface area contributed by atoms with Crippen molar-refractivity contribution in [2.45, 2.75) is 13.2 Å². The minimum Gasteiger partial charge on any atom is -0.373 e. The van der Waals surface area contributed by atoms with Crippen LogP contribution in [0.5, 0.6) is 0 Å². The first-order chi connectivity index (χ1) is 6.77. The summed E-state index contributed by atoms with van der Waals surface area (Å²) in [6, 6.07) is 4.81. The average Bonchev–Trinajstić information content (AvgIpc) is 2.21. The topological polar surface area (TPSA) is 35.2 Å². The van der Waals surface area contributed by atoms with Gasteiger partial charge in [-0.2, -0.15) is 0 Å². The molecule has 0 aromatic heterocycles. The zero-order valence-corrected chi connectivity index (χ0v) is 8.00. The van der Waals surface area contributed by atoms with E-state index >= 15 is 0 Å². The van der Waals surface area contributed by atoms with Gasteiger partial charge in [-0.1, -0.05) is 12.1 Å². The van der Waals surface area contributed by atoms with Gasteiger partial charge in [-0.15, -0.1) is 6.58 Å². The van der Waals surface area contributed by atoms with Crippen LogP contribution in [0.1, 0.15) is 11.1 Å². The number of halogens is 1. The van der Waals surface area contributed by atoms with E-state index in [4.69, 9.17) is 10.5 Å². The maximum Gasteiger partial charge on any atom is 0.128 e. The van der Waals surface area contributed by atoms with Crippen molar-refractivity contribution in [1.82, 2.24) is 0 Å². The molecule has 1 aromatic rings. The third kappa shape index (κ3) is 2.94. The molecule has 0 saturated carbocycles. The molecule has 2 N–H and O–H groups in total. The van der Waals surface area contributed by atoms with Crippen molar-refractivity contribution in [3.63, 3.8) is 0 Å². The number of ether oxygens (including phenoxy) is 1. The van der Waals surface area contributed by atoms with Crippen LogP contribution >= 0.6 is 0 Å². The molecular weight excluding hydrogens is 181 g/mol. The number of nitrogens with two attached hydrogens (primary N) is 1. The van der Waals surface area contributed by atoms with Gasteiger partial charge in [0.25, 0.3) is 0 Å². The molecule has 0 saturated heterocycles. The molecule has 0 bridgehead atoms. The maximum atomic E-state index is 13.2. The summed E-state index contributed by atoms with van der Waals surface area (Å²) in [5.74, 6) is -0.258. The predicted molar refractivity (Wildman–Crippen MR) is 54.1 cm³/mol. The van der Waals surface area contributed by atoms with Crippen LogP contribution in [0, 0.1) is 5.82 Å². The predicted octanol–water partition coefficient (Wildman–Crippen LogP) is 1.99. The Labute approximate surface area is 83.2 Å². The minimum absolute atomic E-state index is 0.256. The van der Waals surface area contributed by atoms with Crippen molar-refractivity contribution in [3.8, 4) is 0 Å². The minimum atomic E-state index is -0.258. The van der Waals surface area contributed by atoms with Crippen molar-refractivity contribution in [2.24, 2.45) is 5.73 Å². The van der Waals surface area contributed by atoms with E-state index < -0.39 is 0 Å². The maximum absolute atomic E-state index is 13.2. The molecule has 0 amide bonds. The van der Waals surface area contributed by atoms with Gasteiger partial charge in [0, 0.05) is 12.1 Å². The Hall–Kier alpha value is -1.19. The summed E-state index contributed by atoms with van der Waals surface area (Å²) in [5, 5.41) is 0. The van der Waals surface area contributed by atoms with Gasteiger partial charge >= 0.3 is 0 Å². The Morgan fingerprint density at radius 3 is 2.93 bits per heavy atom. The van der Waals surface area contributed by atoms with E-state index in [1.807, 2.05) is 0 Å². The molecule has 0 atom stereocenters. The number of hydrogen-bond acceptors (Lipinski definition) is 2. The summed E-state index contributed by atoms with van der Waals surface area (Å²) in [6.07, 6.45) is 1.63. The van der Waals surface area contributed by atoms with Crippen LogP contribution in [-0.2, 0) is 17.9 Å². The lowest BCUT2D eigenvalue weighted by Gasteiger charge is -2.05. The van der Waals surface area contributed by atoms with E-state index in [1.165, 1.54) is 6.07 Å². The zero-order chi connectivity index (χ0) is 10.4. The first kappa shape index (κ1) is 10.9. The monoisotopic (exact) mass is 195 g/mol. The second-order valence-corrected chi connectivity index (χ2v) is 2.93. The van der Waals surface area contributed by atoms with Crippen molar-refractivity contribution in [2.75, 3.05) is 6.61 Å². The first-order valence-corrected chi connectivity index (χ1v) is 4.44. The van der Waals surface area contributed by atoms with Crippen LogP contribution in [0.15, 0.2) is 30.9 Å². The Kier molecular flexibility index (Phi) is 4.29. The molecule has 0 spiro atoms. The first-order valence-electron chi connectivity index (χ1n) is 4.44. The molecule has 0 unspecified atom stereocenters. The summed E-state index contributed by atoms with van der Waals surface area (Å²) in [5.41, 5.74) is 6.89. The number of benzene rings is 1. The van der Waals surface area contributed by atoms with Crippen molar-refractivity contribution >= 4 is 0 Å². The molecule has 14 heavy (non-hydrogen) atoms. The smallest absolute Gasteiger partial charge is 0.128 e. The lowest BCUT2D eigenvalue weighted by atomic mass is 10.1. The Morgan fingerprint density at radius 2 is 2.29 bits per heavy atom. The van der Waals surface area contributed by atoms with E-state index in [1.54, 1.807) is 18.2 Å². The summed E-state index contributed by atoms with van der Waals surface area (Å²) >= 11 is 0. The van der Waals surface area contributed by atoms with Crippen LogP contribution in [0.2, 0.25) is 0 Å². The van der Waals surface area contributed by atoms with Crippen LogP contribution in [0.3, 0.4) is 0 Å². The SMILES string of the molecule is C=CCOCc1cc(CN)ccc1F. The summed E-state index contributed by atoms with van der Waals surface area (Å²) in [7, 11) is 0. The van der Waals surface area contributed by atoms with Gasteiger partial charge in [-0.3, -0.25) is 0 Å². The third-order valence-corrected chi connectivity index (χ3v) is 1.84. The van der Waals surface area contributed by atoms with Gasteiger partial charge in [0.15, 0.2) is 0 Å². The summed E-state index contributed by atoms with van der Waals surface area (Å²) in [6.45, 7) is 4.60. The Morgan fingerprint density at radius 1 is 1.50 bits per heavy atom. The van der Waals surface area contributed by atoms with Crippen molar-refractivity contribution in [3.05, 3.63) is 47.8 Å².